The number of rotatable bonds is 8. The highest BCUT2D eigenvalue weighted by Crippen LogP contribution is 2.48. The summed E-state index contributed by atoms with van der Waals surface area (Å²) in [6.45, 7) is 0. The van der Waals surface area contributed by atoms with Gasteiger partial charge in [0.15, 0.2) is 17.5 Å². The van der Waals surface area contributed by atoms with Crippen LogP contribution in [0.25, 0.3) is 128 Å². The zero-order valence-corrected chi connectivity index (χ0v) is 40.6. The molecule has 10 aromatic carbocycles. The molecule has 1 atom stereocenters. The zero-order chi connectivity index (χ0) is 49.4. The third-order valence-electron chi connectivity index (χ3n) is 14.9. The van der Waals surface area contributed by atoms with E-state index >= 15 is 0 Å². The van der Waals surface area contributed by atoms with E-state index < -0.39 is 0 Å². The number of benzene rings is 10. The summed E-state index contributed by atoms with van der Waals surface area (Å²) in [7, 11) is 0. The van der Waals surface area contributed by atoms with Gasteiger partial charge in [-0.25, -0.2) is 15.0 Å². The minimum atomic E-state index is -0.148. The van der Waals surface area contributed by atoms with Crippen molar-refractivity contribution < 1.29 is 9.15 Å². The van der Waals surface area contributed by atoms with Crippen LogP contribution in [0.5, 0.6) is 5.75 Å². The fourth-order valence-corrected chi connectivity index (χ4v) is 11.4. The number of furan rings is 1. The maximum atomic E-state index is 6.57. The highest BCUT2D eigenvalue weighted by molar-refractivity contribution is 6.13. The SMILES string of the molecule is C1=CC(c2nc(-c3cc(-c4ccccc4)c(-n4c5ccc(-c6ccccc6)cc5c5cc(-c6ccccc6)ccc54)c(-c4ccccc4)c3)nc(-c3ccc4c(c3)oc3ccccc34)n2)=C2c3ccccc3OC2C1. The number of aromatic nitrogens is 4. The second kappa shape index (κ2) is 17.4. The van der Waals surface area contributed by atoms with Gasteiger partial charge < -0.3 is 13.7 Å². The van der Waals surface area contributed by atoms with E-state index in [1.165, 1.54) is 21.9 Å². The van der Waals surface area contributed by atoms with Crippen molar-refractivity contribution in [1.82, 2.24) is 19.5 Å². The lowest BCUT2D eigenvalue weighted by molar-refractivity contribution is 0.279. The summed E-state index contributed by atoms with van der Waals surface area (Å²) in [5.41, 5.74) is 18.5. The van der Waals surface area contributed by atoms with Gasteiger partial charge in [0.2, 0.25) is 0 Å². The molecule has 0 N–H and O–H groups in total. The largest absolute Gasteiger partial charge is 0.485 e. The molecule has 0 bridgehead atoms. The molecule has 2 aliphatic rings. The minimum absolute atomic E-state index is 0.148. The number of allylic oxidation sites excluding steroid dienone is 2. The molecule has 0 amide bonds. The molecule has 6 heteroatoms. The van der Waals surface area contributed by atoms with Crippen LogP contribution in [0, 0.1) is 0 Å². The molecule has 0 fully saturated rings. The van der Waals surface area contributed by atoms with Crippen molar-refractivity contribution in [3.05, 3.63) is 260 Å². The van der Waals surface area contributed by atoms with E-state index in [-0.39, 0.29) is 6.10 Å². The fraction of sp³-hybridized carbons (Fsp3) is 0.0290. The Morgan fingerprint density at radius 3 is 1.53 bits per heavy atom. The topological polar surface area (TPSA) is 66.0 Å². The number of para-hydroxylation sites is 2. The van der Waals surface area contributed by atoms with Crippen LogP contribution in [-0.4, -0.2) is 25.6 Å². The Labute approximate surface area is 432 Å². The van der Waals surface area contributed by atoms with Gasteiger partial charge in [-0.15, -0.1) is 0 Å². The molecule has 15 rings (SSSR count). The third-order valence-corrected chi connectivity index (χ3v) is 14.9. The highest BCUT2D eigenvalue weighted by Gasteiger charge is 2.34. The van der Waals surface area contributed by atoms with Gasteiger partial charge in [0.25, 0.3) is 0 Å². The summed E-state index contributed by atoms with van der Waals surface area (Å²) in [6.07, 6.45) is 4.94. The molecular formula is C69H44N4O2. The molecular weight excluding hydrogens is 917 g/mol. The molecule has 1 unspecified atom stereocenters. The van der Waals surface area contributed by atoms with E-state index in [1.807, 2.05) is 30.3 Å². The van der Waals surface area contributed by atoms with E-state index in [9.17, 15) is 0 Å². The average Bonchev–Trinajstić information content (AvgIpc) is 4.17. The van der Waals surface area contributed by atoms with Gasteiger partial charge in [-0.1, -0.05) is 188 Å². The molecule has 13 aromatic rings. The first kappa shape index (κ1) is 42.7. The van der Waals surface area contributed by atoms with Crippen molar-refractivity contribution >= 4 is 54.9 Å². The number of fused-ring (bicyclic) bond motifs is 9. The zero-order valence-electron chi connectivity index (χ0n) is 40.6. The summed E-state index contributed by atoms with van der Waals surface area (Å²) in [5.74, 6) is 2.55. The van der Waals surface area contributed by atoms with Crippen LogP contribution in [0.3, 0.4) is 0 Å². The molecule has 0 saturated heterocycles. The number of hydrogen-bond acceptors (Lipinski definition) is 5. The Morgan fingerprint density at radius 2 is 0.893 bits per heavy atom. The van der Waals surface area contributed by atoms with E-state index in [0.29, 0.717) is 17.5 Å². The number of ether oxygens (including phenoxy) is 1. The molecule has 352 valence electrons. The molecule has 4 heterocycles. The molecule has 0 saturated carbocycles. The van der Waals surface area contributed by atoms with Crippen LogP contribution in [0.4, 0.5) is 0 Å². The first-order valence-corrected chi connectivity index (χ1v) is 25.5. The summed E-state index contributed by atoms with van der Waals surface area (Å²) >= 11 is 0. The first-order chi connectivity index (χ1) is 37.2. The Morgan fingerprint density at radius 1 is 0.373 bits per heavy atom. The summed E-state index contributed by atoms with van der Waals surface area (Å²) < 4.78 is 15.5. The van der Waals surface area contributed by atoms with E-state index in [0.717, 1.165) is 112 Å². The van der Waals surface area contributed by atoms with Crippen LogP contribution in [-0.2, 0) is 0 Å². The van der Waals surface area contributed by atoms with Crippen molar-refractivity contribution in [2.75, 3.05) is 0 Å². The van der Waals surface area contributed by atoms with Gasteiger partial charge in [0.05, 0.1) is 16.7 Å². The van der Waals surface area contributed by atoms with Gasteiger partial charge in [-0.2, -0.15) is 0 Å². The summed E-state index contributed by atoms with van der Waals surface area (Å²) in [5, 5.41) is 4.45. The van der Waals surface area contributed by atoms with Crippen molar-refractivity contribution in [1.29, 1.82) is 0 Å². The Kier molecular flexibility index (Phi) is 9.91. The van der Waals surface area contributed by atoms with Gasteiger partial charge >= 0.3 is 0 Å². The lowest BCUT2D eigenvalue weighted by Gasteiger charge is -2.21. The van der Waals surface area contributed by atoms with E-state index in [4.69, 9.17) is 24.1 Å². The average molecular weight is 961 g/mol. The van der Waals surface area contributed by atoms with Crippen molar-refractivity contribution in [3.63, 3.8) is 0 Å². The second-order valence-corrected chi connectivity index (χ2v) is 19.4. The van der Waals surface area contributed by atoms with Crippen LogP contribution in [0.1, 0.15) is 17.8 Å². The Bertz CT molecular complexity index is 4300. The van der Waals surface area contributed by atoms with Crippen LogP contribution in [0.2, 0.25) is 0 Å². The molecule has 0 radical (unpaired) electrons. The lowest BCUT2D eigenvalue weighted by atomic mass is 9.90. The Balaban J connectivity index is 1.02. The predicted molar refractivity (Wildman–Crippen MR) is 305 cm³/mol. The van der Waals surface area contributed by atoms with E-state index in [1.54, 1.807) is 0 Å². The highest BCUT2D eigenvalue weighted by atomic mass is 16.5. The van der Waals surface area contributed by atoms with Crippen molar-refractivity contribution in [2.24, 2.45) is 0 Å². The summed E-state index contributed by atoms with van der Waals surface area (Å²) in [6, 6.07) is 83.9. The van der Waals surface area contributed by atoms with Crippen LogP contribution in [0.15, 0.2) is 253 Å². The molecule has 75 heavy (non-hydrogen) atoms. The van der Waals surface area contributed by atoms with Gasteiger partial charge in [-0.05, 0) is 94.0 Å². The van der Waals surface area contributed by atoms with Gasteiger partial charge in [0, 0.05) is 66.9 Å². The van der Waals surface area contributed by atoms with Crippen molar-refractivity contribution in [3.8, 4) is 78.7 Å². The van der Waals surface area contributed by atoms with Gasteiger partial charge in [0.1, 0.15) is 23.0 Å². The fourth-order valence-electron chi connectivity index (χ4n) is 11.4. The number of nitrogens with zero attached hydrogens (tertiary/aromatic N) is 4. The molecule has 3 aromatic heterocycles. The monoisotopic (exact) mass is 960 g/mol. The standard InChI is InChI=1S/C69H44N4O2/c1-5-18-43(19-6-1)47-33-36-59-57(38-47)58-39-48(44-20-7-2-8-21-44)34-37-60(58)73(59)66-55(45-22-9-3-10-23-45)40-50(41-56(66)46-24-11-4-12-25-46)68-70-67(49-32-35-52-51-26-13-15-29-61(51)75-64(52)42-49)71-69(72-68)54-28-17-31-63-65(54)53-27-14-16-30-62(53)74-63/h1-30,32-42,63H,31H2. The van der Waals surface area contributed by atoms with Gasteiger partial charge in [-0.3, -0.25) is 0 Å². The van der Waals surface area contributed by atoms with E-state index in [2.05, 4.69) is 223 Å². The quantitative estimate of drug-likeness (QED) is 0.152. The second-order valence-electron chi connectivity index (χ2n) is 19.4. The third kappa shape index (κ3) is 7.21. The smallest absolute Gasteiger partial charge is 0.164 e. The number of hydrogen-bond donors (Lipinski definition) is 0. The summed E-state index contributed by atoms with van der Waals surface area (Å²) in [4.78, 5) is 16.3. The minimum Gasteiger partial charge on any atom is -0.485 e. The molecule has 1 aliphatic carbocycles. The first-order valence-electron chi connectivity index (χ1n) is 25.5. The van der Waals surface area contributed by atoms with Crippen molar-refractivity contribution in [2.45, 2.75) is 12.5 Å². The maximum absolute atomic E-state index is 6.57. The lowest BCUT2D eigenvalue weighted by Crippen LogP contribution is -2.15. The normalized spacial score (nSPS) is 13.9. The predicted octanol–water partition coefficient (Wildman–Crippen LogP) is 17.5. The molecule has 1 aliphatic heterocycles. The Hall–Kier alpha value is -9.91. The van der Waals surface area contributed by atoms with Crippen LogP contribution >= 0.6 is 0 Å². The molecule has 6 nitrogen and oxygen atoms in total. The molecule has 0 spiro atoms. The maximum Gasteiger partial charge on any atom is 0.164 e. The van der Waals surface area contributed by atoms with Crippen LogP contribution < -0.4 is 4.74 Å².